The third-order valence-electron chi connectivity index (χ3n) is 2.32. The Hall–Kier alpha value is 0.439. The molecule has 0 nitrogen and oxygen atoms in total. The summed E-state index contributed by atoms with van der Waals surface area (Å²) < 4.78 is 34.9. The van der Waals surface area contributed by atoms with E-state index in [-0.39, 0.29) is 20.1 Å². The van der Waals surface area contributed by atoms with E-state index in [4.69, 9.17) is 0 Å². The molecule has 0 bridgehead atoms. The third kappa shape index (κ3) is 8.53. The van der Waals surface area contributed by atoms with Gasteiger partial charge in [-0.3, -0.25) is 0 Å². The molecule has 2 saturated carbocycles. The first kappa shape index (κ1) is 18.4. The van der Waals surface area contributed by atoms with Gasteiger partial charge in [-0.05, 0) is 77.0 Å². The Kier molecular flexibility index (Phi) is 10.5. The minimum Gasteiger partial charge on any atom is -0.170 e. The fraction of sp³-hybridized carbons (Fsp3) is 0.357. The topological polar surface area (TPSA) is 0 Å². The van der Waals surface area contributed by atoms with Crippen molar-refractivity contribution in [3.63, 3.8) is 0 Å². The molecule has 2 rings (SSSR count). The van der Waals surface area contributed by atoms with E-state index >= 15 is 0 Å². The molecule has 0 atom stereocenters. The maximum absolute atomic E-state index is 11.6. The molecule has 0 saturated heterocycles. The largest absolute Gasteiger partial charge is 0.395 e. The predicted octanol–water partition coefficient (Wildman–Crippen LogP) is 4.33. The summed E-state index contributed by atoms with van der Waals surface area (Å²) in [4.78, 5) is 0. The van der Waals surface area contributed by atoms with Gasteiger partial charge in [0.2, 0.25) is 0 Å². The van der Waals surface area contributed by atoms with Crippen LogP contribution in [0.2, 0.25) is 0 Å². The van der Waals surface area contributed by atoms with E-state index in [0.29, 0.717) is 0 Å². The standard InChI is InChI=1S/C8H12.C6H4F3.Ir/c1-2-4-6-8-7-5-3-1;7-6(8,9)5-3-1-2-4-5;/h1-2,7-8H,3-6H2;1-4H;. The smallest absolute Gasteiger partial charge is 0.170 e. The van der Waals surface area contributed by atoms with Gasteiger partial charge in [0, 0.05) is 20.1 Å². The van der Waals surface area contributed by atoms with E-state index in [9.17, 15) is 13.2 Å². The van der Waals surface area contributed by atoms with E-state index in [1.807, 2.05) is 0 Å². The zero-order valence-corrected chi connectivity index (χ0v) is 12.3. The predicted molar refractivity (Wildman–Crippen MR) is 62.2 cm³/mol. The van der Waals surface area contributed by atoms with Crippen LogP contribution in [0.3, 0.4) is 0 Å². The number of alkyl halides is 3. The molecule has 0 unspecified atom stereocenters. The normalized spacial score (nSPS) is 22.2. The fourth-order valence-corrected chi connectivity index (χ4v) is 1.42. The molecule has 0 amide bonds. The molecule has 0 N–H and O–H groups in total. The van der Waals surface area contributed by atoms with Crippen LogP contribution in [0.25, 0.3) is 0 Å². The van der Waals surface area contributed by atoms with Gasteiger partial charge in [-0.25, -0.2) is 0 Å². The second-order valence-corrected chi connectivity index (χ2v) is 3.77. The van der Waals surface area contributed by atoms with Crippen molar-refractivity contribution in [2.45, 2.75) is 31.9 Å². The van der Waals surface area contributed by atoms with E-state index in [1.54, 1.807) is 0 Å². The summed E-state index contributed by atoms with van der Waals surface area (Å²) in [7, 11) is 0. The summed E-state index contributed by atoms with van der Waals surface area (Å²) in [5, 5.41) is 0. The fourth-order valence-electron chi connectivity index (χ4n) is 1.42. The molecule has 2 fully saturated rings. The van der Waals surface area contributed by atoms with Crippen molar-refractivity contribution in [1.29, 1.82) is 0 Å². The van der Waals surface area contributed by atoms with Crippen molar-refractivity contribution < 1.29 is 33.3 Å². The molecular weight excluding hydrogens is 417 g/mol. The molecule has 0 spiro atoms. The van der Waals surface area contributed by atoms with Gasteiger partial charge in [-0.1, -0.05) is 0 Å². The Morgan fingerprint density at radius 2 is 1.06 bits per heavy atom. The molecule has 0 aromatic rings. The van der Waals surface area contributed by atoms with Gasteiger partial charge in [0.1, 0.15) is 0 Å². The first-order chi connectivity index (χ1) is 8.11. The van der Waals surface area contributed by atoms with Crippen molar-refractivity contribution >= 4 is 0 Å². The maximum atomic E-state index is 11.6. The summed E-state index contributed by atoms with van der Waals surface area (Å²) >= 11 is 0. The summed E-state index contributed by atoms with van der Waals surface area (Å²) in [5.74, 6) is -0.581. The van der Waals surface area contributed by atoms with Crippen molar-refractivity contribution in [1.82, 2.24) is 0 Å². The Balaban J connectivity index is 0.000000306. The van der Waals surface area contributed by atoms with Gasteiger partial charge in [-0.15, -0.1) is 0 Å². The number of rotatable bonds is 0. The van der Waals surface area contributed by atoms with Gasteiger partial charge in [-0.2, -0.15) is 13.2 Å². The van der Waals surface area contributed by atoms with Gasteiger partial charge in [0.15, 0.2) is 0 Å². The minimum atomic E-state index is -4.18. The Bertz CT molecular complexity index is 162. The van der Waals surface area contributed by atoms with E-state index in [0.717, 1.165) is 12.8 Å². The van der Waals surface area contributed by atoms with Crippen molar-refractivity contribution in [3.8, 4) is 0 Å². The average molecular weight is 433 g/mol. The molecule has 2 aliphatic carbocycles. The Labute approximate surface area is 122 Å². The second-order valence-electron chi connectivity index (χ2n) is 3.77. The van der Waals surface area contributed by atoms with Crippen LogP contribution < -0.4 is 0 Å². The molecule has 18 heavy (non-hydrogen) atoms. The van der Waals surface area contributed by atoms with E-state index in [2.05, 4.69) is 25.7 Å². The molecule has 2 aliphatic rings. The number of hydrogen-bond donors (Lipinski definition) is 0. The van der Waals surface area contributed by atoms with Crippen LogP contribution in [0.4, 0.5) is 13.2 Å². The maximum Gasteiger partial charge on any atom is 0.395 e. The van der Waals surface area contributed by atoms with Gasteiger partial charge in [0.25, 0.3) is 0 Å². The molecule has 102 valence electrons. The molecule has 4 heteroatoms. The second kappa shape index (κ2) is 10.3. The van der Waals surface area contributed by atoms with Crippen LogP contribution >= 0.6 is 0 Å². The zero-order chi connectivity index (χ0) is 12.6. The number of halogens is 3. The van der Waals surface area contributed by atoms with Crippen LogP contribution in [0.1, 0.15) is 25.7 Å². The van der Waals surface area contributed by atoms with Crippen LogP contribution in [-0.2, 0) is 20.1 Å². The van der Waals surface area contributed by atoms with Crippen molar-refractivity contribution in [2.24, 2.45) is 0 Å². The summed E-state index contributed by atoms with van der Waals surface area (Å²) in [6, 6.07) is 0. The summed E-state index contributed by atoms with van der Waals surface area (Å²) in [5.41, 5.74) is 0. The summed E-state index contributed by atoms with van der Waals surface area (Å²) in [6.45, 7) is 0. The van der Waals surface area contributed by atoms with E-state index in [1.165, 1.54) is 38.5 Å². The van der Waals surface area contributed by atoms with E-state index < -0.39 is 12.1 Å². The molecule has 0 heterocycles. The van der Waals surface area contributed by atoms with Gasteiger partial charge in [0.05, 0.1) is 5.92 Å². The molecule has 0 aliphatic heterocycles. The van der Waals surface area contributed by atoms with Crippen molar-refractivity contribution in [2.75, 3.05) is 0 Å². The third-order valence-corrected chi connectivity index (χ3v) is 2.32. The SMILES string of the molecule is FC(F)(F)[C]1[CH][CH][CH][CH]1.[CH]1[CH]CC[CH][CH]CC1.[Ir]. The first-order valence-corrected chi connectivity index (χ1v) is 5.69. The van der Waals surface area contributed by atoms with Crippen LogP contribution in [0.5, 0.6) is 0 Å². The number of hydrogen-bond acceptors (Lipinski definition) is 0. The Morgan fingerprint density at radius 3 is 1.28 bits per heavy atom. The van der Waals surface area contributed by atoms with Crippen molar-refractivity contribution in [3.05, 3.63) is 57.3 Å². The molecule has 0 aromatic heterocycles. The zero-order valence-electron chi connectivity index (χ0n) is 9.91. The van der Waals surface area contributed by atoms with Gasteiger partial charge < -0.3 is 0 Å². The molecule has 10 radical (unpaired) electrons. The molecule has 0 aromatic carbocycles. The Morgan fingerprint density at radius 1 is 0.722 bits per heavy atom. The van der Waals surface area contributed by atoms with Gasteiger partial charge >= 0.3 is 6.18 Å². The molecular formula is C14H16F3Ir. The van der Waals surface area contributed by atoms with Crippen LogP contribution in [0.15, 0.2) is 0 Å². The first-order valence-electron chi connectivity index (χ1n) is 5.69. The monoisotopic (exact) mass is 434 g/mol. The van der Waals surface area contributed by atoms with Crippen LogP contribution in [-0.4, -0.2) is 6.18 Å². The minimum absolute atomic E-state index is 0. The van der Waals surface area contributed by atoms with Crippen LogP contribution in [0, 0.1) is 57.3 Å². The summed E-state index contributed by atoms with van der Waals surface area (Å²) in [6.07, 6.45) is 14.6. The quantitative estimate of drug-likeness (QED) is 0.534. The average Bonchev–Trinajstić information content (AvgIpc) is 2.68.